The molecule has 0 bridgehead atoms. The first-order valence-electron chi connectivity index (χ1n) is 11.4. The number of ketones is 1. The van der Waals surface area contributed by atoms with Gasteiger partial charge in [0.05, 0.1) is 24.4 Å². The number of imide groups is 1. The van der Waals surface area contributed by atoms with Gasteiger partial charge in [-0.2, -0.15) is 0 Å². The van der Waals surface area contributed by atoms with E-state index in [1.54, 1.807) is 51.1 Å². The molecule has 4 amide bonds. The fourth-order valence-corrected chi connectivity index (χ4v) is 3.94. The number of allylic oxidation sites excluding steroid dienone is 3. The second-order valence-corrected chi connectivity index (χ2v) is 8.75. The number of benzene rings is 1. The molecular formula is C26H33N3O5. The summed E-state index contributed by atoms with van der Waals surface area (Å²) >= 11 is 0. The molecule has 0 spiro atoms. The molecule has 1 aromatic rings. The average molecular weight is 468 g/mol. The average Bonchev–Trinajstić information content (AvgIpc) is 2.99. The zero-order chi connectivity index (χ0) is 25.4. The maximum absolute atomic E-state index is 13.2. The highest BCUT2D eigenvalue weighted by molar-refractivity contribution is 6.16. The van der Waals surface area contributed by atoms with Crippen molar-refractivity contribution in [2.75, 3.05) is 7.05 Å². The van der Waals surface area contributed by atoms with Crippen LogP contribution in [-0.2, 0) is 24.0 Å². The lowest BCUT2D eigenvalue weighted by Crippen LogP contribution is -2.49. The van der Waals surface area contributed by atoms with Crippen LogP contribution in [-0.4, -0.2) is 47.4 Å². The molecule has 1 saturated heterocycles. The van der Waals surface area contributed by atoms with Crippen LogP contribution in [0.15, 0.2) is 54.6 Å². The standard InChI is InChI=1S/C26H33N3O5/c1-6-7-9-14-20(30)27-19(18-12-10-8-11-13-18)15-21(31)28-23(16(2)3)24(32)22-17(4)25(33)29(5)26(22)34/h6-14,16-17,19,22-23H,15H2,1-5H3,(H,27,30)(H,28,31)/b7-6+,14-9+/t17-,19-,22+,23-/m0/s1. The van der Waals surface area contributed by atoms with Gasteiger partial charge in [0.2, 0.25) is 23.6 Å². The minimum absolute atomic E-state index is 0.100. The second-order valence-electron chi connectivity index (χ2n) is 8.75. The molecule has 0 unspecified atom stereocenters. The Morgan fingerprint density at radius 2 is 1.68 bits per heavy atom. The highest BCUT2D eigenvalue weighted by Gasteiger charge is 2.49. The first-order chi connectivity index (χ1) is 16.1. The molecule has 0 aliphatic carbocycles. The summed E-state index contributed by atoms with van der Waals surface area (Å²) in [6.07, 6.45) is 6.38. The largest absolute Gasteiger partial charge is 0.346 e. The third kappa shape index (κ3) is 6.50. The van der Waals surface area contributed by atoms with Crippen LogP contribution >= 0.6 is 0 Å². The van der Waals surface area contributed by atoms with E-state index in [-0.39, 0.29) is 18.2 Å². The van der Waals surface area contributed by atoms with Gasteiger partial charge in [0, 0.05) is 13.1 Å². The number of carbonyl (C=O) groups is 5. The Morgan fingerprint density at radius 1 is 1.03 bits per heavy atom. The van der Waals surface area contributed by atoms with Crippen molar-refractivity contribution in [2.45, 2.75) is 46.2 Å². The lowest BCUT2D eigenvalue weighted by molar-refractivity contribution is -0.141. The number of amides is 4. The Balaban J connectivity index is 2.18. The van der Waals surface area contributed by atoms with Crippen molar-refractivity contribution in [3.8, 4) is 0 Å². The molecule has 1 heterocycles. The number of rotatable bonds is 10. The van der Waals surface area contributed by atoms with Gasteiger partial charge in [0.25, 0.3) is 0 Å². The molecule has 0 saturated carbocycles. The van der Waals surface area contributed by atoms with E-state index in [9.17, 15) is 24.0 Å². The maximum Gasteiger partial charge on any atom is 0.244 e. The predicted octanol–water partition coefficient (Wildman–Crippen LogP) is 2.33. The van der Waals surface area contributed by atoms with Gasteiger partial charge in [0.1, 0.15) is 5.92 Å². The Kier molecular flexibility index (Phi) is 9.47. The van der Waals surface area contributed by atoms with Crippen molar-refractivity contribution in [3.05, 3.63) is 60.2 Å². The molecule has 4 atom stereocenters. The van der Waals surface area contributed by atoms with E-state index in [2.05, 4.69) is 10.6 Å². The van der Waals surface area contributed by atoms with Crippen molar-refractivity contribution >= 4 is 29.4 Å². The number of Topliss-reactive ketones (excluding diaryl/α,β-unsaturated/α-hetero) is 1. The highest BCUT2D eigenvalue weighted by atomic mass is 16.2. The molecule has 8 nitrogen and oxygen atoms in total. The third-order valence-electron chi connectivity index (χ3n) is 5.87. The summed E-state index contributed by atoms with van der Waals surface area (Å²) in [4.78, 5) is 64.2. The van der Waals surface area contributed by atoms with Crippen LogP contribution in [0.3, 0.4) is 0 Å². The zero-order valence-corrected chi connectivity index (χ0v) is 20.3. The Hall–Kier alpha value is -3.55. The van der Waals surface area contributed by atoms with Crippen molar-refractivity contribution in [1.29, 1.82) is 0 Å². The van der Waals surface area contributed by atoms with E-state index < -0.39 is 47.4 Å². The lowest BCUT2D eigenvalue weighted by atomic mass is 9.85. The summed E-state index contributed by atoms with van der Waals surface area (Å²) < 4.78 is 0. The quantitative estimate of drug-likeness (QED) is 0.237. The summed E-state index contributed by atoms with van der Waals surface area (Å²) in [5, 5.41) is 5.56. The number of nitrogens with zero attached hydrogens (tertiary/aromatic N) is 1. The zero-order valence-electron chi connectivity index (χ0n) is 20.3. The van der Waals surface area contributed by atoms with Gasteiger partial charge < -0.3 is 10.6 Å². The summed E-state index contributed by atoms with van der Waals surface area (Å²) in [6, 6.07) is 7.50. The highest BCUT2D eigenvalue weighted by Crippen LogP contribution is 2.28. The smallest absolute Gasteiger partial charge is 0.244 e. The minimum Gasteiger partial charge on any atom is -0.346 e. The van der Waals surface area contributed by atoms with Crippen molar-refractivity contribution in [2.24, 2.45) is 17.8 Å². The van der Waals surface area contributed by atoms with Crippen LogP contribution in [0.5, 0.6) is 0 Å². The van der Waals surface area contributed by atoms with Crippen LogP contribution < -0.4 is 10.6 Å². The van der Waals surface area contributed by atoms with Crippen LogP contribution in [0.25, 0.3) is 0 Å². The Labute approximate surface area is 200 Å². The molecule has 2 rings (SSSR count). The molecule has 1 fully saturated rings. The number of carbonyl (C=O) groups excluding carboxylic acids is 5. The van der Waals surface area contributed by atoms with Crippen LogP contribution in [0.4, 0.5) is 0 Å². The monoisotopic (exact) mass is 467 g/mol. The summed E-state index contributed by atoms with van der Waals surface area (Å²) in [7, 11) is 1.36. The van der Waals surface area contributed by atoms with Crippen LogP contribution in [0.1, 0.15) is 45.7 Å². The van der Waals surface area contributed by atoms with E-state index >= 15 is 0 Å². The Morgan fingerprint density at radius 3 is 2.21 bits per heavy atom. The number of hydrogen-bond donors (Lipinski definition) is 2. The molecule has 1 aromatic carbocycles. The fraction of sp³-hybridized carbons (Fsp3) is 0.423. The van der Waals surface area contributed by atoms with Gasteiger partial charge >= 0.3 is 0 Å². The number of nitrogens with one attached hydrogen (secondary N) is 2. The van der Waals surface area contributed by atoms with E-state index in [4.69, 9.17) is 0 Å². The fourth-order valence-electron chi connectivity index (χ4n) is 3.94. The van der Waals surface area contributed by atoms with Crippen molar-refractivity contribution in [1.82, 2.24) is 15.5 Å². The maximum atomic E-state index is 13.2. The third-order valence-corrected chi connectivity index (χ3v) is 5.87. The number of hydrogen-bond acceptors (Lipinski definition) is 5. The first-order valence-corrected chi connectivity index (χ1v) is 11.4. The van der Waals surface area contributed by atoms with Gasteiger partial charge in [0.15, 0.2) is 5.78 Å². The van der Waals surface area contributed by atoms with Gasteiger partial charge in [-0.15, -0.1) is 0 Å². The molecule has 182 valence electrons. The lowest BCUT2D eigenvalue weighted by Gasteiger charge is -2.26. The predicted molar refractivity (Wildman–Crippen MR) is 128 cm³/mol. The minimum atomic E-state index is -1.12. The molecule has 34 heavy (non-hydrogen) atoms. The topological polar surface area (TPSA) is 113 Å². The SMILES string of the molecule is C/C=C/C=C/C(=O)N[C@@H](CC(=O)N[C@H](C(=O)[C@@H]1C(=O)N(C)C(=O)[C@H]1C)C(C)C)c1ccccc1. The van der Waals surface area contributed by atoms with Gasteiger partial charge in [-0.05, 0) is 18.4 Å². The van der Waals surface area contributed by atoms with Crippen molar-refractivity contribution in [3.63, 3.8) is 0 Å². The van der Waals surface area contributed by atoms with Gasteiger partial charge in [-0.25, -0.2) is 0 Å². The molecule has 0 aromatic heterocycles. The van der Waals surface area contributed by atoms with Crippen LogP contribution in [0, 0.1) is 17.8 Å². The number of likely N-dealkylation sites (tertiary alicyclic amines) is 1. The van der Waals surface area contributed by atoms with E-state index in [0.717, 1.165) is 10.5 Å². The van der Waals surface area contributed by atoms with Crippen LogP contribution in [0.2, 0.25) is 0 Å². The molecule has 1 aliphatic heterocycles. The van der Waals surface area contributed by atoms with E-state index in [1.165, 1.54) is 13.1 Å². The van der Waals surface area contributed by atoms with Gasteiger partial charge in [-0.1, -0.05) is 69.3 Å². The molecule has 0 radical (unpaired) electrons. The van der Waals surface area contributed by atoms with Crippen molar-refractivity contribution < 1.29 is 24.0 Å². The second kappa shape index (κ2) is 12.1. The molecule has 1 aliphatic rings. The summed E-state index contributed by atoms with van der Waals surface area (Å²) in [6.45, 7) is 6.91. The molecule has 8 heteroatoms. The molecule has 2 N–H and O–H groups in total. The Bertz CT molecular complexity index is 983. The summed E-state index contributed by atoms with van der Waals surface area (Å²) in [5.41, 5.74) is 0.740. The normalized spacial score (nSPS) is 20.2. The van der Waals surface area contributed by atoms with E-state index in [0.29, 0.717) is 0 Å². The van der Waals surface area contributed by atoms with Gasteiger partial charge in [-0.3, -0.25) is 28.9 Å². The summed E-state index contributed by atoms with van der Waals surface area (Å²) in [5.74, 6) is -4.44. The van der Waals surface area contributed by atoms with E-state index in [1.807, 2.05) is 25.1 Å². The molecular weight excluding hydrogens is 434 g/mol. The first kappa shape index (κ1) is 26.7.